The number of rotatable bonds is 7. The van der Waals surface area contributed by atoms with E-state index in [1.165, 1.54) is 0 Å². The van der Waals surface area contributed by atoms with Crippen LogP contribution in [0.3, 0.4) is 0 Å². The number of carbonyl (C=O) groups excluding carboxylic acids is 5. The van der Waals surface area contributed by atoms with E-state index in [9.17, 15) is 24.0 Å². The average molecular weight is 406 g/mol. The van der Waals surface area contributed by atoms with Gasteiger partial charge in [-0.2, -0.15) is 4.89 Å². The molecule has 12 nitrogen and oxygen atoms in total. The summed E-state index contributed by atoms with van der Waals surface area (Å²) in [5, 5.41) is 0. The zero-order chi connectivity index (χ0) is 21.4. The van der Waals surface area contributed by atoms with Crippen molar-refractivity contribution in [1.82, 2.24) is 0 Å². The zero-order valence-electron chi connectivity index (χ0n) is 16.0. The molecule has 0 unspecified atom stereocenters. The highest BCUT2D eigenvalue weighted by Gasteiger charge is 2.53. The van der Waals surface area contributed by atoms with Gasteiger partial charge in [-0.05, 0) is 0 Å². The maximum Gasteiger partial charge on any atom is 0.339 e. The van der Waals surface area contributed by atoms with Crippen molar-refractivity contribution in [2.45, 2.75) is 65.3 Å². The summed E-state index contributed by atoms with van der Waals surface area (Å²) in [5.74, 6) is -3.89. The molecule has 5 atom stereocenters. The van der Waals surface area contributed by atoms with Crippen molar-refractivity contribution in [3.63, 3.8) is 0 Å². The molecule has 1 heterocycles. The van der Waals surface area contributed by atoms with Crippen LogP contribution < -0.4 is 0 Å². The van der Waals surface area contributed by atoms with Crippen LogP contribution in [0.2, 0.25) is 0 Å². The molecule has 0 aliphatic carbocycles. The molecule has 0 amide bonds. The predicted octanol–water partition coefficient (Wildman–Crippen LogP) is -0.436. The first-order valence-electron chi connectivity index (χ1n) is 8.15. The second-order valence-corrected chi connectivity index (χ2v) is 5.73. The highest BCUT2D eigenvalue weighted by molar-refractivity contribution is 5.69. The minimum absolute atomic E-state index is 0.472. The number of hydrogen-bond acceptors (Lipinski definition) is 12. The molecule has 1 rings (SSSR count). The topological polar surface area (TPSA) is 150 Å². The summed E-state index contributed by atoms with van der Waals surface area (Å²) >= 11 is 0. The Balaban J connectivity index is 3.24. The van der Waals surface area contributed by atoms with Crippen LogP contribution >= 0.6 is 0 Å². The van der Waals surface area contributed by atoms with E-state index in [-0.39, 0.29) is 0 Å². The Morgan fingerprint density at radius 3 is 1.57 bits per heavy atom. The molecule has 158 valence electrons. The molecular formula is C16H22O12. The fourth-order valence-corrected chi connectivity index (χ4v) is 2.43. The van der Waals surface area contributed by atoms with Gasteiger partial charge in [0.15, 0.2) is 12.2 Å². The fraction of sp³-hybridized carbons (Fsp3) is 0.688. The molecule has 0 aromatic carbocycles. The first-order valence-corrected chi connectivity index (χ1v) is 8.15. The van der Waals surface area contributed by atoms with Crippen LogP contribution in [0, 0.1) is 0 Å². The summed E-state index contributed by atoms with van der Waals surface area (Å²) in [4.78, 5) is 65.9. The average Bonchev–Trinajstić information content (AvgIpc) is 2.51. The smallest absolute Gasteiger partial charge is 0.339 e. The fourth-order valence-electron chi connectivity index (χ4n) is 2.43. The highest BCUT2D eigenvalue weighted by atomic mass is 17.2. The molecule has 28 heavy (non-hydrogen) atoms. The van der Waals surface area contributed by atoms with Crippen molar-refractivity contribution in [3.8, 4) is 0 Å². The number of hydrogen-bond donors (Lipinski definition) is 0. The lowest BCUT2D eigenvalue weighted by atomic mass is 9.98. The first-order chi connectivity index (χ1) is 13.0. The van der Waals surface area contributed by atoms with Crippen molar-refractivity contribution in [2.24, 2.45) is 0 Å². The molecule has 0 spiro atoms. The SMILES string of the molecule is CC(=O)OOC[C@H]1O[C@@H](OC(C)=O)[C@H](OC(C)=O)[C@@H](OC(C)=O)[C@@H]1OC(C)=O. The van der Waals surface area contributed by atoms with E-state index in [4.69, 9.17) is 28.6 Å². The van der Waals surface area contributed by atoms with Gasteiger partial charge in [0.2, 0.25) is 12.4 Å². The molecule has 1 fully saturated rings. The van der Waals surface area contributed by atoms with Gasteiger partial charge in [-0.15, -0.1) is 0 Å². The van der Waals surface area contributed by atoms with E-state index in [0.29, 0.717) is 0 Å². The van der Waals surface area contributed by atoms with Crippen LogP contribution in [0.4, 0.5) is 0 Å². The molecule has 0 saturated carbocycles. The quantitative estimate of drug-likeness (QED) is 0.233. The summed E-state index contributed by atoms with van der Waals surface area (Å²) in [6, 6.07) is 0. The van der Waals surface area contributed by atoms with Gasteiger partial charge < -0.3 is 23.7 Å². The van der Waals surface area contributed by atoms with Crippen LogP contribution in [0.15, 0.2) is 0 Å². The lowest BCUT2D eigenvalue weighted by Gasteiger charge is -2.43. The molecular weight excluding hydrogens is 384 g/mol. The molecule has 0 N–H and O–H groups in total. The van der Waals surface area contributed by atoms with E-state index in [2.05, 4.69) is 4.89 Å². The third-order valence-corrected chi connectivity index (χ3v) is 3.19. The molecule has 12 heteroatoms. The standard InChI is InChI=1S/C16H22O12/c1-7(17)23-13-12(6-22-28-11(5)21)27-16(26-10(4)20)15(25-9(3)19)14(13)24-8(2)18/h12-16H,6H2,1-5H3/t12-,13-,14+,15-,16-/m1/s1. The highest BCUT2D eigenvalue weighted by Crippen LogP contribution is 2.30. The van der Waals surface area contributed by atoms with Crippen LogP contribution in [0.25, 0.3) is 0 Å². The number of esters is 4. The Labute approximate surface area is 160 Å². The van der Waals surface area contributed by atoms with Crippen LogP contribution in [0.5, 0.6) is 0 Å². The van der Waals surface area contributed by atoms with Crippen molar-refractivity contribution in [1.29, 1.82) is 0 Å². The van der Waals surface area contributed by atoms with Crippen molar-refractivity contribution in [2.75, 3.05) is 6.61 Å². The summed E-state index contributed by atoms with van der Waals surface area (Å²) in [6.45, 7) is 4.94. The summed E-state index contributed by atoms with van der Waals surface area (Å²) in [7, 11) is 0. The van der Waals surface area contributed by atoms with Gasteiger partial charge in [0.05, 0.1) is 0 Å². The lowest BCUT2D eigenvalue weighted by molar-refractivity contribution is -0.331. The van der Waals surface area contributed by atoms with Gasteiger partial charge >= 0.3 is 29.8 Å². The minimum Gasteiger partial charge on any atom is -0.456 e. The van der Waals surface area contributed by atoms with E-state index in [0.717, 1.165) is 34.6 Å². The van der Waals surface area contributed by atoms with E-state index in [1.807, 2.05) is 0 Å². The van der Waals surface area contributed by atoms with Gasteiger partial charge in [0.1, 0.15) is 12.7 Å². The van der Waals surface area contributed by atoms with E-state index in [1.54, 1.807) is 0 Å². The molecule has 0 aromatic heterocycles. The summed E-state index contributed by atoms with van der Waals surface area (Å²) in [6.07, 6.45) is -6.87. The minimum atomic E-state index is -1.51. The Morgan fingerprint density at radius 1 is 0.643 bits per heavy atom. The van der Waals surface area contributed by atoms with Gasteiger partial charge in [0, 0.05) is 34.6 Å². The second kappa shape index (κ2) is 10.6. The summed E-state index contributed by atoms with van der Waals surface area (Å²) < 4.78 is 25.9. The molecule has 1 aliphatic heterocycles. The molecule has 0 radical (unpaired) electrons. The van der Waals surface area contributed by atoms with Gasteiger partial charge in [-0.1, -0.05) is 0 Å². The number of carbonyl (C=O) groups is 5. The van der Waals surface area contributed by atoms with Gasteiger partial charge in [-0.3, -0.25) is 24.1 Å². The van der Waals surface area contributed by atoms with E-state index >= 15 is 0 Å². The largest absolute Gasteiger partial charge is 0.456 e. The third-order valence-electron chi connectivity index (χ3n) is 3.19. The molecule has 1 aliphatic rings. The maximum absolute atomic E-state index is 11.6. The van der Waals surface area contributed by atoms with Crippen LogP contribution in [-0.2, 0) is 57.4 Å². The molecule has 0 aromatic rings. The van der Waals surface area contributed by atoms with Gasteiger partial charge in [-0.25, -0.2) is 4.79 Å². The van der Waals surface area contributed by atoms with Crippen LogP contribution in [0.1, 0.15) is 34.6 Å². The Hall–Kier alpha value is -2.73. The molecule has 1 saturated heterocycles. The van der Waals surface area contributed by atoms with Crippen molar-refractivity contribution < 1.29 is 57.4 Å². The predicted molar refractivity (Wildman–Crippen MR) is 84.8 cm³/mol. The number of ether oxygens (including phenoxy) is 5. The zero-order valence-corrected chi connectivity index (χ0v) is 16.0. The Morgan fingerprint density at radius 2 is 1.11 bits per heavy atom. The van der Waals surface area contributed by atoms with E-state index < -0.39 is 67.2 Å². The monoisotopic (exact) mass is 406 g/mol. The maximum atomic E-state index is 11.6. The van der Waals surface area contributed by atoms with Gasteiger partial charge in [0.25, 0.3) is 0 Å². The summed E-state index contributed by atoms with van der Waals surface area (Å²) in [5.41, 5.74) is 0. The Kier molecular flexibility index (Phi) is 8.79. The van der Waals surface area contributed by atoms with Crippen molar-refractivity contribution in [3.05, 3.63) is 0 Å². The van der Waals surface area contributed by atoms with Crippen molar-refractivity contribution >= 4 is 29.8 Å². The first kappa shape index (κ1) is 23.3. The lowest BCUT2D eigenvalue weighted by Crippen LogP contribution is -2.63. The Bertz CT molecular complexity index is 615. The van der Waals surface area contributed by atoms with Crippen LogP contribution in [-0.4, -0.2) is 67.2 Å². The molecule has 0 bridgehead atoms. The third kappa shape index (κ3) is 7.48. The second-order valence-electron chi connectivity index (χ2n) is 5.73. The normalized spacial score (nSPS) is 26.5.